The summed E-state index contributed by atoms with van der Waals surface area (Å²) in [5.74, 6) is -2.72. The van der Waals surface area contributed by atoms with Crippen molar-refractivity contribution in [3.63, 3.8) is 0 Å². The predicted octanol–water partition coefficient (Wildman–Crippen LogP) is 3.34. The smallest absolute Gasteiger partial charge is 0.311 e. The summed E-state index contributed by atoms with van der Waals surface area (Å²) in [5, 5.41) is 4.93. The van der Waals surface area contributed by atoms with Gasteiger partial charge in [0.1, 0.15) is 11.5 Å². The van der Waals surface area contributed by atoms with Crippen molar-refractivity contribution in [2.45, 2.75) is 12.6 Å². The number of hydrogen-bond acceptors (Lipinski definition) is 4. The Kier molecular flexibility index (Phi) is 5.40. The summed E-state index contributed by atoms with van der Waals surface area (Å²) in [6, 6.07) is 11.4. The maximum Gasteiger partial charge on any atom is 0.390 e. The van der Waals surface area contributed by atoms with Crippen LogP contribution in [0.2, 0.25) is 0 Å². The molecule has 3 aromatic rings. The Morgan fingerprint density at radius 2 is 1.74 bits per heavy atom. The lowest BCUT2D eigenvalue weighted by molar-refractivity contribution is -0.130. The number of amides is 1. The van der Waals surface area contributed by atoms with Crippen molar-refractivity contribution < 1.29 is 30.8 Å². The van der Waals surface area contributed by atoms with Gasteiger partial charge in [0.25, 0.3) is 0 Å². The van der Waals surface area contributed by atoms with Gasteiger partial charge in [-0.15, -0.1) is 0 Å². The number of nitrogens with zero attached hydrogens (tertiary/aromatic N) is 4. The number of halogens is 4. The number of para-hydroxylation sites is 1. The van der Waals surface area contributed by atoms with Crippen molar-refractivity contribution in [3.8, 4) is 5.69 Å². The number of alkyl halides is 3. The molecule has 180 valence electrons. The predicted molar refractivity (Wildman–Crippen MR) is 116 cm³/mol. The highest BCUT2D eigenvalue weighted by atomic mass is 32.2. The molecule has 2 atom stereocenters. The average molecular weight is 496 g/mol. The molecular formula is C22H20F4N4O3S. The summed E-state index contributed by atoms with van der Waals surface area (Å²) in [7, 11) is -4.11. The highest BCUT2D eigenvalue weighted by Crippen LogP contribution is 2.39. The van der Waals surface area contributed by atoms with Crippen LogP contribution in [0.4, 0.5) is 23.2 Å². The second-order valence-corrected chi connectivity index (χ2v) is 10.6. The Balaban J connectivity index is 1.38. The van der Waals surface area contributed by atoms with E-state index in [9.17, 15) is 30.8 Å². The third-order valence-electron chi connectivity index (χ3n) is 6.41. The molecule has 2 saturated heterocycles. The zero-order valence-electron chi connectivity index (χ0n) is 17.7. The number of anilines is 1. The number of sulfonamides is 1. The van der Waals surface area contributed by atoms with Gasteiger partial charge in [0.15, 0.2) is 0 Å². The summed E-state index contributed by atoms with van der Waals surface area (Å²) in [5.41, 5.74) is 1.44. The number of benzene rings is 2. The van der Waals surface area contributed by atoms with Crippen molar-refractivity contribution in [2.75, 3.05) is 30.3 Å². The normalized spacial score (nSPS) is 21.5. The molecule has 0 radical (unpaired) electrons. The second kappa shape index (κ2) is 8.05. The maximum atomic E-state index is 14.3. The van der Waals surface area contributed by atoms with Gasteiger partial charge in [-0.1, -0.05) is 18.2 Å². The van der Waals surface area contributed by atoms with Gasteiger partial charge in [-0.3, -0.25) is 4.79 Å². The van der Waals surface area contributed by atoms with Gasteiger partial charge < -0.3 is 4.90 Å². The quantitative estimate of drug-likeness (QED) is 0.508. The van der Waals surface area contributed by atoms with E-state index < -0.39 is 40.1 Å². The van der Waals surface area contributed by atoms with E-state index in [4.69, 9.17) is 0 Å². The summed E-state index contributed by atoms with van der Waals surface area (Å²) >= 11 is 0. The van der Waals surface area contributed by atoms with Gasteiger partial charge in [0.2, 0.25) is 15.9 Å². The SMILES string of the molecule is O=C1[C@@H]2CN(S(=O)(=O)CCC(F)(F)F)C[C@@H]2CN1c1cccc2c1cnn2-c1ccccc1F. The molecule has 2 aliphatic heterocycles. The molecule has 0 N–H and O–H groups in total. The minimum absolute atomic E-state index is 0.00242. The Morgan fingerprint density at radius 1 is 1.00 bits per heavy atom. The molecule has 0 unspecified atom stereocenters. The fourth-order valence-electron chi connectivity index (χ4n) is 4.73. The van der Waals surface area contributed by atoms with Crippen LogP contribution in [0.5, 0.6) is 0 Å². The van der Waals surface area contributed by atoms with Crippen LogP contribution < -0.4 is 4.90 Å². The lowest BCUT2D eigenvalue weighted by atomic mass is 10.0. The van der Waals surface area contributed by atoms with E-state index in [1.807, 2.05) is 0 Å². The molecule has 2 aliphatic rings. The van der Waals surface area contributed by atoms with Crippen molar-refractivity contribution in [3.05, 3.63) is 54.5 Å². The average Bonchev–Trinajstić information content (AvgIpc) is 3.47. The number of aromatic nitrogens is 2. The van der Waals surface area contributed by atoms with Crippen molar-refractivity contribution in [2.24, 2.45) is 11.8 Å². The van der Waals surface area contributed by atoms with Gasteiger partial charge in [-0.25, -0.2) is 21.8 Å². The third kappa shape index (κ3) is 3.94. The van der Waals surface area contributed by atoms with E-state index in [2.05, 4.69) is 5.10 Å². The minimum atomic E-state index is -4.57. The first kappa shape index (κ1) is 22.8. The van der Waals surface area contributed by atoms with Crippen molar-refractivity contribution in [1.82, 2.24) is 14.1 Å². The van der Waals surface area contributed by atoms with Gasteiger partial charge >= 0.3 is 6.18 Å². The lowest BCUT2D eigenvalue weighted by Crippen LogP contribution is -2.37. The Morgan fingerprint density at radius 3 is 2.44 bits per heavy atom. The van der Waals surface area contributed by atoms with Crippen LogP contribution in [-0.2, 0) is 14.8 Å². The first-order chi connectivity index (χ1) is 16.0. The summed E-state index contributed by atoms with van der Waals surface area (Å²) in [4.78, 5) is 14.7. The molecule has 1 aromatic heterocycles. The molecule has 3 heterocycles. The molecule has 0 spiro atoms. The van der Waals surface area contributed by atoms with Crippen molar-refractivity contribution in [1.29, 1.82) is 0 Å². The van der Waals surface area contributed by atoms with Crippen LogP contribution in [-0.4, -0.2) is 60.0 Å². The topological polar surface area (TPSA) is 75.5 Å². The molecular weight excluding hydrogens is 476 g/mol. The Hall–Kier alpha value is -2.99. The molecule has 0 bridgehead atoms. The molecule has 0 saturated carbocycles. The molecule has 34 heavy (non-hydrogen) atoms. The van der Waals surface area contributed by atoms with Crippen molar-refractivity contribution >= 4 is 32.5 Å². The highest BCUT2D eigenvalue weighted by Gasteiger charge is 2.50. The Labute approximate surface area is 192 Å². The van der Waals surface area contributed by atoms with E-state index >= 15 is 0 Å². The van der Waals surface area contributed by atoms with E-state index in [1.54, 1.807) is 47.5 Å². The van der Waals surface area contributed by atoms with Crippen LogP contribution in [0.25, 0.3) is 16.6 Å². The highest BCUT2D eigenvalue weighted by molar-refractivity contribution is 7.89. The Bertz CT molecular complexity index is 1370. The number of hydrogen-bond donors (Lipinski definition) is 0. The summed E-state index contributed by atoms with van der Waals surface area (Å²) in [6.07, 6.45) is -4.44. The third-order valence-corrected chi connectivity index (χ3v) is 8.21. The summed E-state index contributed by atoms with van der Waals surface area (Å²) < 4.78 is 79.0. The summed E-state index contributed by atoms with van der Waals surface area (Å²) in [6.45, 7) is 0.0982. The zero-order chi connectivity index (χ0) is 24.3. The standard InChI is InChI=1S/C22H20F4N4O3S/c23-17-4-1-2-5-20(17)30-19-7-3-6-18(15(19)10-27-30)29-12-14-11-28(13-16(14)21(29)31)34(32,33)9-8-22(24,25)26/h1-7,10,14,16H,8-9,11-13H2/t14-,16-/m1/s1. The molecule has 5 rings (SSSR count). The largest absolute Gasteiger partial charge is 0.390 e. The minimum Gasteiger partial charge on any atom is -0.311 e. The van der Waals surface area contributed by atoms with Crippen LogP contribution >= 0.6 is 0 Å². The van der Waals surface area contributed by atoms with Crippen LogP contribution in [0.1, 0.15) is 6.42 Å². The fourth-order valence-corrected chi connectivity index (χ4v) is 6.28. The van der Waals surface area contributed by atoms with E-state index in [-0.39, 0.29) is 37.1 Å². The first-order valence-electron chi connectivity index (χ1n) is 10.6. The zero-order valence-corrected chi connectivity index (χ0v) is 18.6. The van der Waals surface area contributed by atoms with Gasteiger partial charge in [-0.2, -0.15) is 18.3 Å². The first-order valence-corrected chi connectivity index (χ1v) is 12.2. The number of fused-ring (bicyclic) bond motifs is 2. The molecule has 7 nitrogen and oxygen atoms in total. The molecule has 0 aliphatic carbocycles. The molecule has 1 amide bonds. The monoisotopic (exact) mass is 496 g/mol. The fraction of sp³-hybridized carbons (Fsp3) is 0.364. The van der Waals surface area contributed by atoms with E-state index in [0.717, 1.165) is 4.31 Å². The van der Waals surface area contributed by atoms with Crippen LogP contribution in [0.15, 0.2) is 48.7 Å². The number of carbonyl (C=O) groups is 1. The molecule has 2 fully saturated rings. The van der Waals surface area contributed by atoms with Crippen LogP contribution in [0.3, 0.4) is 0 Å². The van der Waals surface area contributed by atoms with Gasteiger partial charge in [0, 0.05) is 30.9 Å². The molecule has 2 aromatic carbocycles. The van der Waals surface area contributed by atoms with Crippen LogP contribution in [0, 0.1) is 17.7 Å². The second-order valence-electron chi connectivity index (χ2n) is 8.53. The van der Waals surface area contributed by atoms with Gasteiger partial charge in [0.05, 0.1) is 35.5 Å². The maximum absolute atomic E-state index is 14.3. The molecule has 12 heteroatoms. The number of rotatable bonds is 5. The number of carbonyl (C=O) groups excluding carboxylic acids is 1. The van der Waals surface area contributed by atoms with Gasteiger partial charge in [-0.05, 0) is 24.3 Å². The van der Waals surface area contributed by atoms with E-state index in [0.29, 0.717) is 16.6 Å². The van der Waals surface area contributed by atoms with E-state index in [1.165, 1.54) is 10.7 Å². The lowest BCUT2D eigenvalue weighted by Gasteiger charge is -2.22.